The molecule has 3 heteroatoms. The second-order valence-corrected chi connectivity index (χ2v) is 4.00. The minimum atomic E-state index is -0.943. The Kier molecular flexibility index (Phi) is 3.98. The summed E-state index contributed by atoms with van der Waals surface area (Å²) in [5, 5.41) is 9.30. The second kappa shape index (κ2) is 5.87. The van der Waals surface area contributed by atoms with Crippen LogP contribution in [0.15, 0.2) is 54.6 Å². The fourth-order valence-electron chi connectivity index (χ4n) is 1.75. The van der Waals surface area contributed by atoms with Crippen LogP contribution in [0, 0.1) is 0 Å². The maximum absolute atomic E-state index is 11.3. The zero-order valence-corrected chi connectivity index (χ0v) is 10.5. The van der Waals surface area contributed by atoms with Crippen molar-refractivity contribution in [3.63, 3.8) is 0 Å². The number of hydrogen-bond donors (Lipinski definition) is 1. The average Bonchev–Trinajstić information content (AvgIpc) is 2.46. The summed E-state index contributed by atoms with van der Waals surface area (Å²) in [6.45, 7) is 0. The number of benzene rings is 2. The highest BCUT2D eigenvalue weighted by Crippen LogP contribution is 2.20. The van der Waals surface area contributed by atoms with Crippen LogP contribution >= 0.6 is 0 Å². The Hall–Kier alpha value is -2.55. The third-order valence-corrected chi connectivity index (χ3v) is 2.74. The van der Waals surface area contributed by atoms with Gasteiger partial charge in [0.1, 0.15) is 5.75 Å². The van der Waals surface area contributed by atoms with E-state index in [0.717, 1.165) is 11.3 Å². The van der Waals surface area contributed by atoms with Gasteiger partial charge in [-0.15, -0.1) is 0 Å². The number of carboxylic acids is 1. The first-order valence-electron chi connectivity index (χ1n) is 5.85. The van der Waals surface area contributed by atoms with Crippen molar-refractivity contribution >= 4 is 17.6 Å². The first-order chi connectivity index (χ1) is 9.20. The Morgan fingerprint density at radius 2 is 1.68 bits per heavy atom. The van der Waals surface area contributed by atoms with E-state index in [1.54, 1.807) is 37.5 Å². The van der Waals surface area contributed by atoms with Crippen LogP contribution in [0.5, 0.6) is 5.75 Å². The standard InChI is InChI=1S/C16H14O3/c1-19-14-9-7-12(8-10-14)11-15(16(17)18)13-5-3-2-4-6-13/h2-11H,1H3,(H,17,18)/b15-11+. The van der Waals surface area contributed by atoms with Gasteiger partial charge in [-0.2, -0.15) is 0 Å². The summed E-state index contributed by atoms with van der Waals surface area (Å²) in [4.78, 5) is 11.3. The Bertz CT molecular complexity index is 583. The number of methoxy groups -OCH3 is 1. The van der Waals surface area contributed by atoms with Crippen molar-refractivity contribution in [2.45, 2.75) is 0 Å². The molecule has 0 aliphatic rings. The number of carbonyl (C=O) groups is 1. The van der Waals surface area contributed by atoms with E-state index in [9.17, 15) is 9.90 Å². The SMILES string of the molecule is COc1ccc(/C=C(/C(=O)O)c2ccccc2)cc1. The van der Waals surface area contributed by atoms with Crippen molar-refractivity contribution in [1.29, 1.82) is 0 Å². The van der Waals surface area contributed by atoms with Crippen molar-refractivity contribution in [2.24, 2.45) is 0 Å². The molecule has 0 bridgehead atoms. The molecule has 0 aliphatic heterocycles. The van der Waals surface area contributed by atoms with Crippen molar-refractivity contribution in [2.75, 3.05) is 7.11 Å². The normalized spacial score (nSPS) is 11.1. The first kappa shape index (κ1) is 12.9. The van der Waals surface area contributed by atoms with Crippen molar-refractivity contribution < 1.29 is 14.6 Å². The molecule has 1 N–H and O–H groups in total. The molecule has 0 atom stereocenters. The van der Waals surface area contributed by atoms with Crippen molar-refractivity contribution in [3.8, 4) is 5.75 Å². The van der Waals surface area contributed by atoms with Crippen LogP contribution in [-0.4, -0.2) is 18.2 Å². The van der Waals surface area contributed by atoms with E-state index in [0.29, 0.717) is 5.56 Å². The van der Waals surface area contributed by atoms with Gasteiger partial charge in [0.25, 0.3) is 0 Å². The van der Waals surface area contributed by atoms with E-state index < -0.39 is 5.97 Å². The molecule has 96 valence electrons. The van der Waals surface area contributed by atoms with E-state index >= 15 is 0 Å². The number of hydrogen-bond acceptors (Lipinski definition) is 2. The number of rotatable bonds is 4. The van der Waals surface area contributed by atoms with Gasteiger partial charge in [-0.05, 0) is 29.3 Å². The zero-order valence-electron chi connectivity index (χ0n) is 10.5. The lowest BCUT2D eigenvalue weighted by Crippen LogP contribution is -1.99. The molecule has 0 radical (unpaired) electrons. The van der Waals surface area contributed by atoms with Crippen molar-refractivity contribution in [1.82, 2.24) is 0 Å². The van der Waals surface area contributed by atoms with Gasteiger partial charge in [0.2, 0.25) is 0 Å². The summed E-state index contributed by atoms with van der Waals surface area (Å²) in [7, 11) is 1.59. The summed E-state index contributed by atoms with van der Waals surface area (Å²) in [6.07, 6.45) is 1.65. The third kappa shape index (κ3) is 3.22. The summed E-state index contributed by atoms with van der Waals surface area (Å²) >= 11 is 0. The maximum Gasteiger partial charge on any atom is 0.336 e. The van der Waals surface area contributed by atoms with Crippen LogP contribution < -0.4 is 4.74 Å². The van der Waals surface area contributed by atoms with E-state index in [1.807, 2.05) is 30.3 Å². The maximum atomic E-state index is 11.3. The molecule has 0 spiro atoms. The molecular formula is C16H14O3. The summed E-state index contributed by atoms with van der Waals surface area (Å²) < 4.78 is 5.07. The second-order valence-electron chi connectivity index (χ2n) is 4.00. The number of ether oxygens (including phenoxy) is 1. The smallest absolute Gasteiger partial charge is 0.336 e. The van der Waals surface area contributed by atoms with Crippen LogP contribution in [0.1, 0.15) is 11.1 Å². The lowest BCUT2D eigenvalue weighted by Gasteiger charge is -2.04. The van der Waals surface area contributed by atoms with Gasteiger partial charge in [-0.25, -0.2) is 4.79 Å². The number of aliphatic carboxylic acids is 1. The Morgan fingerprint density at radius 3 is 2.21 bits per heavy atom. The van der Waals surface area contributed by atoms with Crippen LogP contribution in [-0.2, 0) is 4.79 Å². The molecule has 0 saturated carbocycles. The van der Waals surface area contributed by atoms with Crippen LogP contribution in [0.25, 0.3) is 11.6 Å². The summed E-state index contributed by atoms with van der Waals surface area (Å²) in [5.41, 5.74) is 1.78. The quantitative estimate of drug-likeness (QED) is 0.672. The molecule has 0 aromatic heterocycles. The van der Waals surface area contributed by atoms with Crippen molar-refractivity contribution in [3.05, 3.63) is 65.7 Å². The van der Waals surface area contributed by atoms with Gasteiger partial charge in [-0.1, -0.05) is 42.5 Å². The lowest BCUT2D eigenvalue weighted by atomic mass is 10.0. The molecule has 0 heterocycles. The van der Waals surface area contributed by atoms with E-state index in [4.69, 9.17) is 4.74 Å². The van der Waals surface area contributed by atoms with Gasteiger partial charge >= 0.3 is 5.97 Å². The Morgan fingerprint density at radius 1 is 1.05 bits per heavy atom. The van der Waals surface area contributed by atoms with Gasteiger partial charge in [0, 0.05) is 0 Å². The van der Waals surface area contributed by atoms with Gasteiger partial charge in [0.05, 0.1) is 12.7 Å². The topological polar surface area (TPSA) is 46.5 Å². The average molecular weight is 254 g/mol. The molecule has 3 nitrogen and oxygen atoms in total. The monoisotopic (exact) mass is 254 g/mol. The molecule has 0 amide bonds. The van der Waals surface area contributed by atoms with Gasteiger partial charge in [0.15, 0.2) is 0 Å². The van der Waals surface area contributed by atoms with Gasteiger partial charge < -0.3 is 9.84 Å². The molecule has 19 heavy (non-hydrogen) atoms. The molecule has 0 saturated heterocycles. The molecule has 0 fully saturated rings. The fourth-order valence-corrected chi connectivity index (χ4v) is 1.75. The largest absolute Gasteiger partial charge is 0.497 e. The summed E-state index contributed by atoms with van der Waals surface area (Å²) in [5.74, 6) is -0.198. The van der Waals surface area contributed by atoms with E-state index in [1.165, 1.54) is 0 Å². The van der Waals surface area contributed by atoms with E-state index in [-0.39, 0.29) is 5.57 Å². The Balaban J connectivity index is 2.38. The first-order valence-corrected chi connectivity index (χ1v) is 5.85. The predicted molar refractivity (Wildman–Crippen MR) is 74.9 cm³/mol. The predicted octanol–water partition coefficient (Wildman–Crippen LogP) is 3.32. The minimum Gasteiger partial charge on any atom is -0.497 e. The zero-order chi connectivity index (χ0) is 13.7. The third-order valence-electron chi connectivity index (χ3n) is 2.74. The fraction of sp³-hybridized carbons (Fsp3) is 0.0625. The highest BCUT2D eigenvalue weighted by molar-refractivity contribution is 6.20. The van der Waals surface area contributed by atoms with E-state index in [2.05, 4.69) is 0 Å². The molecule has 0 unspecified atom stereocenters. The summed E-state index contributed by atoms with van der Waals surface area (Å²) in [6, 6.07) is 16.3. The van der Waals surface area contributed by atoms with Crippen LogP contribution in [0.4, 0.5) is 0 Å². The molecule has 0 aliphatic carbocycles. The van der Waals surface area contributed by atoms with Crippen LogP contribution in [0.3, 0.4) is 0 Å². The van der Waals surface area contributed by atoms with Crippen LogP contribution in [0.2, 0.25) is 0 Å². The lowest BCUT2D eigenvalue weighted by molar-refractivity contribution is -0.130. The van der Waals surface area contributed by atoms with Gasteiger partial charge in [-0.3, -0.25) is 0 Å². The molecule has 2 aromatic rings. The highest BCUT2D eigenvalue weighted by Gasteiger charge is 2.09. The minimum absolute atomic E-state index is 0.269. The molecule has 2 aromatic carbocycles. The molecular weight excluding hydrogens is 240 g/mol. The number of carboxylic acid groups (broad SMARTS) is 1. The Labute approximate surface area is 111 Å². The highest BCUT2D eigenvalue weighted by atomic mass is 16.5. The molecule has 2 rings (SSSR count).